The maximum atomic E-state index is 15.5. The smallest absolute Gasteiger partial charge is 0.274 e. The molecule has 0 bridgehead atoms. The van der Waals surface area contributed by atoms with Crippen molar-refractivity contribution in [3.63, 3.8) is 0 Å². The zero-order valence-corrected chi connectivity index (χ0v) is 17.4. The van der Waals surface area contributed by atoms with Crippen LogP contribution < -0.4 is 10.5 Å². The van der Waals surface area contributed by atoms with Crippen LogP contribution in [0.2, 0.25) is 0 Å². The molecule has 2 aromatic heterocycles. The number of nitrogens with zero attached hydrogens (tertiary/aromatic N) is 2. The van der Waals surface area contributed by atoms with E-state index in [4.69, 9.17) is 4.11 Å². The molecule has 6 nitrogen and oxygen atoms in total. The number of piperidine rings is 1. The molecule has 1 aromatic carbocycles. The summed E-state index contributed by atoms with van der Waals surface area (Å²) in [6.45, 7) is -1.46. The maximum Gasteiger partial charge on any atom is 0.274 e. The van der Waals surface area contributed by atoms with Crippen molar-refractivity contribution in [1.29, 1.82) is 0 Å². The van der Waals surface area contributed by atoms with E-state index >= 15 is 4.39 Å². The number of aryl methyl sites for hydroxylation is 1. The Kier molecular flexibility index (Phi) is 3.46. The first-order chi connectivity index (χ1) is 15.4. The third-order valence-electron chi connectivity index (χ3n) is 6.59. The van der Waals surface area contributed by atoms with Crippen LogP contribution in [0.4, 0.5) is 10.1 Å². The van der Waals surface area contributed by atoms with Gasteiger partial charge in [0.2, 0.25) is 0 Å². The van der Waals surface area contributed by atoms with E-state index in [0.29, 0.717) is 34.1 Å². The molecule has 30 heavy (non-hydrogen) atoms. The van der Waals surface area contributed by atoms with Gasteiger partial charge in [0.25, 0.3) is 5.56 Å². The predicted molar refractivity (Wildman–Crippen MR) is 115 cm³/mol. The van der Waals surface area contributed by atoms with Crippen LogP contribution in [0.3, 0.4) is 0 Å². The average Bonchev–Trinajstić information content (AvgIpc) is 3.28. The largest absolute Gasteiger partial charge is 0.370 e. The van der Waals surface area contributed by atoms with Crippen LogP contribution in [0.1, 0.15) is 29.8 Å². The summed E-state index contributed by atoms with van der Waals surface area (Å²) in [4.78, 5) is 17.2. The van der Waals surface area contributed by atoms with E-state index in [0.717, 1.165) is 25.3 Å². The summed E-state index contributed by atoms with van der Waals surface area (Å²) in [6.07, 6.45) is 7.91. The first-order valence-corrected chi connectivity index (χ1v) is 11.8. The van der Waals surface area contributed by atoms with Gasteiger partial charge in [-0.25, -0.2) is 12.8 Å². The summed E-state index contributed by atoms with van der Waals surface area (Å²) in [5.41, 5.74) is 0.0104. The number of nitrogens with one attached hydrogen (secondary N) is 1. The number of sulfone groups is 1. The van der Waals surface area contributed by atoms with Crippen molar-refractivity contribution in [1.82, 2.24) is 9.55 Å². The summed E-state index contributed by atoms with van der Waals surface area (Å²) < 4.78 is 64.6. The highest BCUT2D eigenvalue weighted by Gasteiger charge is 2.44. The van der Waals surface area contributed by atoms with Crippen LogP contribution in [-0.4, -0.2) is 37.3 Å². The molecule has 5 rings (SSSR count). The minimum absolute atomic E-state index is 0.0127. The lowest BCUT2D eigenvalue weighted by atomic mass is 9.93. The molecule has 3 aromatic rings. The lowest BCUT2D eigenvalue weighted by Gasteiger charge is -2.35. The Labute approximate surface area is 178 Å². The maximum absolute atomic E-state index is 15.5. The second-order valence-electron chi connectivity index (χ2n) is 8.54. The third-order valence-corrected chi connectivity index (χ3v) is 7.71. The Morgan fingerprint density at radius 3 is 2.53 bits per heavy atom. The van der Waals surface area contributed by atoms with Gasteiger partial charge in [-0.1, -0.05) is 0 Å². The van der Waals surface area contributed by atoms with Crippen molar-refractivity contribution < 1.29 is 16.9 Å². The second-order valence-corrected chi connectivity index (χ2v) is 10.5. The van der Waals surface area contributed by atoms with Gasteiger partial charge >= 0.3 is 0 Å². The number of hydrogen-bond donors (Lipinski definition) is 1. The number of H-pyrrole nitrogens is 1. The third kappa shape index (κ3) is 3.05. The molecule has 1 aliphatic carbocycles. The molecule has 1 N–H and O–H groups in total. The molecule has 0 unspecified atom stereocenters. The number of halogens is 1. The van der Waals surface area contributed by atoms with Gasteiger partial charge in [-0.2, -0.15) is 0 Å². The van der Waals surface area contributed by atoms with E-state index in [-0.39, 0.29) is 21.5 Å². The minimum Gasteiger partial charge on any atom is -0.370 e. The summed E-state index contributed by atoms with van der Waals surface area (Å²) in [5.74, 6) is -0.678. The number of fused-ring (bicyclic) bond motifs is 1. The Hall–Kier alpha value is -2.61. The van der Waals surface area contributed by atoms with Gasteiger partial charge in [-0.05, 0) is 49.3 Å². The highest BCUT2D eigenvalue weighted by Crippen LogP contribution is 2.54. The molecule has 2 aliphatic rings. The zero-order chi connectivity index (χ0) is 23.8. The zero-order valence-electron chi connectivity index (χ0n) is 19.5. The van der Waals surface area contributed by atoms with Gasteiger partial charge in [0, 0.05) is 59.3 Å². The first-order valence-electron chi connectivity index (χ1n) is 11.4. The van der Waals surface area contributed by atoms with Crippen molar-refractivity contribution in [2.75, 3.05) is 24.2 Å². The molecule has 2 fully saturated rings. The van der Waals surface area contributed by atoms with E-state index in [1.165, 1.54) is 31.2 Å². The molecule has 1 saturated heterocycles. The van der Waals surface area contributed by atoms with Crippen LogP contribution >= 0.6 is 0 Å². The van der Waals surface area contributed by atoms with Crippen molar-refractivity contribution in [2.45, 2.75) is 30.6 Å². The van der Waals surface area contributed by atoms with Crippen LogP contribution in [0.25, 0.3) is 22.0 Å². The van der Waals surface area contributed by atoms with Gasteiger partial charge in [0.15, 0.2) is 9.84 Å². The lowest BCUT2D eigenvalue weighted by molar-refractivity contribution is 0.383. The van der Waals surface area contributed by atoms with Crippen LogP contribution in [0, 0.1) is 11.2 Å². The Bertz CT molecular complexity index is 1430. The number of pyridine rings is 1. The molecule has 1 saturated carbocycles. The number of aromatic amines is 1. The molecule has 0 radical (unpaired) electrons. The van der Waals surface area contributed by atoms with Crippen LogP contribution in [0.15, 0.2) is 40.3 Å². The fraction of sp³-hybridized carbons (Fsp3) is 0.409. The topological polar surface area (TPSA) is 75.2 Å². The Morgan fingerprint density at radius 1 is 1.17 bits per heavy atom. The molecule has 1 spiro atoms. The summed E-state index contributed by atoms with van der Waals surface area (Å²) in [6, 6.07) is 4.03. The standard InChI is InChI=1S/C22H24FN3O3S/c1-25-13-16(14-3-8-24-20(14)21(25)27)15-11-19(30(2,28)29)18(12-17(15)23)26-9-6-22(4-5-22)7-10-26/h3,8,11-13,24H,4-7,9-10H2,1-2H3/i1D3. The van der Waals surface area contributed by atoms with Crippen molar-refractivity contribution in [2.24, 2.45) is 12.4 Å². The normalized spacial score (nSPS) is 20.2. The minimum atomic E-state index is -3.73. The summed E-state index contributed by atoms with van der Waals surface area (Å²) in [5, 5.41) is 0.320. The number of rotatable bonds is 3. The fourth-order valence-electron chi connectivity index (χ4n) is 4.56. The summed E-state index contributed by atoms with van der Waals surface area (Å²) in [7, 11) is -3.73. The molecule has 0 amide bonds. The van der Waals surface area contributed by atoms with E-state index in [2.05, 4.69) is 4.98 Å². The highest BCUT2D eigenvalue weighted by atomic mass is 32.2. The molecular weight excluding hydrogens is 405 g/mol. The van der Waals surface area contributed by atoms with Gasteiger partial charge < -0.3 is 14.5 Å². The number of anilines is 1. The van der Waals surface area contributed by atoms with E-state index in [1.54, 1.807) is 6.07 Å². The van der Waals surface area contributed by atoms with Gasteiger partial charge in [0.1, 0.15) is 11.3 Å². The number of benzene rings is 1. The molecule has 8 heteroatoms. The Balaban J connectivity index is 1.70. The van der Waals surface area contributed by atoms with Gasteiger partial charge in [-0.15, -0.1) is 0 Å². The molecular formula is C22H24FN3O3S. The predicted octanol–water partition coefficient (Wildman–Crippen LogP) is 3.46. The van der Waals surface area contributed by atoms with Crippen LogP contribution in [-0.2, 0) is 16.8 Å². The van der Waals surface area contributed by atoms with E-state index < -0.39 is 28.2 Å². The number of hydrogen-bond acceptors (Lipinski definition) is 4. The Morgan fingerprint density at radius 2 is 1.90 bits per heavy atom. The highest BCUT2D eigenvalue weighted by molar-refractivity contribution is 7.90. The molecule has 1 aliphatic heterocycles. The molecule has 158 valence electrons. The van der Waals surface area contributed by atoms with E-state index in [9.17, 15) is 13.2 Å². The fourth-order valence-corrected chi connectivity index (χ4v) is 5.46. The van der Waals surface area contributed by atoms with Crippen molar-refractivity contribution in [3.05, 3.63) is 46.8 Å². The molecule has 3 heterocycles. The number of aromatic nitrogens is 2. The van der Waals surface area contributed by atoms with E-state index in [1.807, 2.05) is 4.90 Å². The monoisotopic (exact) mass is 432 g/mol. The summed E-state index contributed by atoms with van der Waals surface area (Å²) >= 11 is 0. The van der Waals surface area contributed by atoms with Gasteiger partial charge in [-0.3, -0.25) is 4.79 Å². The van der Waals surface area contributed by atoms with Crippen LogP contribution in [0.5, 0.6) is 0 Å². The second kappa shape index (κ2) is 6.44. The first kappa shape index (κ1) is 16.1. The quantitative estimate of drug-likeness (QED) is 0.643. The van der Waals surface area contributed by atoms with Crippen molar-refractivity contribution in [3.8, 4) is 11.1 Å². The van der Waals surface area contributed by atoms with Crippen molar-refractivity contribution >= 4 is 26.4 Å². The lowest BCUT2D eigenvalue weighted by Crippen LogP contribution is -2.35. The van der Waals surface area contributed by atoms with Gasteiger partial charge in [0.05, 0.1) is 10.6 Å². The average molecular weight is 433 g/mol. The molecule has 0 atom stereocenters. The SMILES string of the molecule is [2H]C([2H])([2H])n1cc(-c2cc(S(C)(=O)=O)c(N3CCC4(CC3)CC4)cc2F)c2cc[nH]c2c1=O.